The maximum absolute atomic E-state index is 13.6. The number of carbonyl (C=O) groups excluding carboxylic acids is 1. The van der Waals surface area contributed by atoms with E-state index < -0.39 is 6.10 Å². The van der Waals surface area contributed by atoms with Crippen molar-refractivity contribution in [2.75, 3.05) is 4.90 Å². The van der Waals surface area contributed by atoms with Crippen LogP contribution in [0.25, 0.3) is 0 Å². The van der Waals surface area contributed by atoms with Gasteiger partial charge in [-0.2, -0.15) is 5.21 Å². The Morgan fingerprint density at radius 3 is 2.21 bits per heavy atom. The number of halogens is 1. The molecule has 1 aromatic heterocycles. The summed E-state index contributed by atoms with van der Waals surface area (Å²) in [6, 6.07) is 22.7. The number of carbonyl (C=O) groups is 1. The Labute approximate surface area is 228 Å². The van der Waals surface area contributed by atoms with Crippen LogP contribution in [0.3, 0.4) is 0 Å². The number of amides is 2. The van der Waals surface area contributed by atoms with Gasteiger partial charge in [-0.1, -0.05) is 86.1 Å². The quantitative estimate of drug-likeness (QED) is 0.262. The number of anilines is 1. The molecule has 0 saturated carbocycles. The maximum Gasteiger partial charge on any atom is 0.322 e. The van der Waals surface area contributed by atoms with E-state index in [0.29, 0.717) is 17.4 Å². The number of nitrogens with one attached hydrogen (secondary N) is 2. The lowest BCUT2D eigenvalue weighted by Crippen LogP contribution is -2.40. The monoisotopic (exact) mass is 532 g/mol. The third-order valence-corrected chi connectivity index (χ3v) is 6.72. The van der Waals surface area contributed by atoms with Gasteiger partial charge < -0.3 is 10.4 Å². The highest BCUT2D eigenvalue weighted by molar-refractivity contribution is 6.30. The topological polar surface area (TPSA) is 107 Å². The fourth-order valence-electron chi connectivity index (χ4n) is 4.11. The lowest BCUT2D eigenvalue weighted by atomic mass is 9.87. The van der Waals surface area contributed by atoms with Gasteiger partial charge in [0, 0.05) is 17.1 Å². The molecule has 4 aromatic rings. The third-order valence-electron chi connectivity index (χ3n) is 6.47. The second kappa shape index (κ2) is 11.8. The third kappa shape index (κ3) is 6.96. The van der Waals surface area contributed by atoms with Crippen LogP contribution in [0.15, 0.2) is 72.8 Å². The molecule has 9 heteroatoms. The van der Waals surface area contributed by atoms with Crippen molar-refractivity contribution >= 4 is 23.3 Å². The number of aromatic nitrogens is 4. The zero-order valence-corrected chi connectivity index (χ0v) is 22.8. The second-order valence-corrected chi connectivity index (χ2v) is 10.8. The van der Waals surface area contributed by atoms with Crippen LogP contribution < -0.4 is 10.2 Å². The molecule has 0 spiro atoms. The molecular weight excluding hydrogens is 500 g/mol. The van der Waals surface area contributed by atoms with E-state index in [1.807, 2.05) is 67.6 Å². The van der Waals surface area contributed by atoms with E-state index in [0.717, 1.165) is 22.4 Å². The number of aliphatic hydroxyl groups excluding tert-OH is 1. The lowest BCUT2D eigenvalue weighted by molar-refractivity contribution is 0.176. The van der Waals surface area contributed by atoms with Gasteiger partial charge in [-0.25, -0.2) is 4.79 Å². The first kappa shape index (κ1) is 27.3. The summed E-state index contributed by atoms with van der Waals surface area (Å²) < 4.78 is 0. The number of urea groups is 1. The van der Waals surface area contributed by atoms with E-state index in [9.17, 15) is 9.90 Å². The molecule has 0 bridgehead atoms. The minimum Gasteiger partial charge on any atom is -0.388 e. The van der Waals surface area contributed by atoms with E-state index in [1.54, 1.807) is 4.90 Å². The number of tetrazole rings is 1. The molecule has 0 aliphatic rings. The molecule has 1 heterocycles. The Morgan fingerprint density at radius 1 is 1.00 bits per heavy atom. The van der Waals surface area contributed by atoms with Crippen LogP contribution in [0.4, 0.5) is 10.5 Å². The standard InChI is InChI=1S/C29H33ClN6O2/c1-19(21-9-13-24(30)14-10-21)31-28(38)36(25-15-11-23(12-16-25)29(2,3)4)18-20-5-7-22(8-6-20)26(37)17-27-32-34-35-33-27/h5-16,19,26,37H,17-18H2,1-4H3,(H,31,38)(H,32,33,34,35). The van der Waals surface area contributed by atoms with E-state index in [1.165, 1.54) is 5.56 Å². The maximum atomic E-state index is 13.6. The smallest absolute Gasteiger partial charge is 0.322 e. The van der Waals surface area contributed by atoms with Gasteiger partial charge in [0.15, 0.2) is 5.82 Å². The molecule has 3 aromatic carbocycles. The van der Waals surface area contributed by atoms with Gasteiger partial charge in [-0.3, -0.25) is 4.90 Å². The van der Waals surface area contributed by atoms with Gasteiger partial charge in [-0.05, 0) is 58.9 Å². The second-order valence-electron chi connectivity index (χ2n) is 10.4. The van der Waals surface area contributed by atoms with Crippen LogP contribution in [0.1, 0.15) is 67.9 Å². The van der Waals surface area contributed by atoms with Crippen molar-refractivity contribution in [2.24, 2.45) is 0 Å². The van der Waals surface area contributed by atoms with Gasteiger partial charge in [0.1, 0.15) is 0 Å². The highest BCUT2D eigenvalue weighted by Gasteiger charge is 2.21. The molecule has 2 amide bonds. The highest BCUT2D eigenvalue weighted by Crippen LogP contribution is 2.27. The van der Waals surface area contributed by atoms with Crippen molar-refractivity contribution in [2.45, 2.75) is 58.2 Å². The molecule has 0 radical (unpaired) electrons. The number of hydrogen-bond donors (Lipinski definition) is 3. The molecule has 0 saturated heterocycles. The van der Waals surface area contributed by atoms with Gasteiger partial charge in [0.05, 0.1) is 18.7 Å². The zero-order valence-electron chi connectivity index (χ0n) is 22.0. The van der Waals surface area contributed by atoms with Crippen molar-refractivity contribution < 1.29 is 9.90 Å². The summed E-state index contributed by atoms with van der Waals surface area (Å²) in [6.07, 6.45) is -0.501. The Kier molecular flexibility index (Phi) is 8.44. The minimum absolute atomic E-state index is 0.00683. The molecule has 2 unspecified atom stereocenters. The molecule has 3 N–H and O–H groups in total. The first-order valence-electron chi connectivity index (χ1n) is 12.5. The number of benzene rings is 3. The minimum atomic E-state index is -0.758. The van der Waals surface area contributed by atoms with E-state index in [-0.39, 0.29) is 23.9 Å². The summed E-state index contributed by atoms with van der Waals surface area (Å²) in [5.74, 6) is 0.443. The summed E-state index contributed by atoms with van der Waals surface area (Å²) in [6.45, 7) is 8.79. The molecule has 4 rings (SSSR count). The summed E-state index contributed by atoms with van der Waals surface area (Å²) in [5.41, 5.74) is 4.62. The normalized spacial score (nSPS) is 13.1. The number of H-pyrrole nitrogens is 1. The number of rotatable bonds is 8. The fourth-order valence-corrected chi connectivity index (χ4v) is 4.23. The first-order chi connectivity index (χ1) is 18.1. The highest BCUT2D eigenvalue weighted by atomic mass is 35.5. The summed E-state index contributed by atoms with van der Waals surface area (Å²) in [4.78, 5) is 15.3. The molecule has 8 nitrogen and oxygen atoms in total. The van der Waals surface area contributed by atoms with E-state index in [2.05, 4.69) is 58.8 Å². The Bertz CT molecular complexity index is 1320. The van der Waals surface area contributed by atoms with E-state index in [4.69, 9.17) is 11.6 Å². The molecule has 198 valence electrons. The van der Waals surface area contributed by atoms with Crippen LogP contribution in [-0.2, 0) is 18.4 Å². The molecule has 38 heavy (non-hydrogen) atoms. The van der Waals surface area contributed by atoms with Gasteiger partial charge in [-0.15, -0.1) is 10.2 Å². The molecule has 0 aliphatic heterocycles. The number of aromatic amines is 1. The predicted octanol–water partition coefficient (Wildman–Crippen LogP) is 5.90. The zero-order chi connectivity index (χ0) is 27.3. The van der Waals surface area contributed by atoms with E-state index >= 15 is 0 Å². The lowest BCUT2D eigenvalue weighted by Gasteiger charge is -2.27. The van der Waals surface area contributed by atoms with Gasteiger partial charge in [0.25, 0.3) is 0 Å². The van der Waals surface area contributed by atoms with Crippen LogP contribution in [0.2, 0.25) is 5.02 Å². The SMILES string of the molecule is CC(NC(=O)N(Cc1ccc(C(O)Cc2nn[nH]n2)cc1)c1ccc(C(C)(C)C)cc1)c1ccc(Cl)cc1. The number of aliphatic hydroxyl groups is 1. The van der Waals surface area contributed by atoms with Crippen molar-refractivity contribution in [3.63, 3.8) is 0 Å². The van der Waals surface area contributed by atoms with Crippen LogP contribution >= 0.6 is 11.6 Å². The summed E-state index contributed by atoms with van der Waals surface area (Å²) in [7, 11) is 0. The summed E-state index contributed by atoms with van der Waals surface area (Å²) >= 11 is 6.03. The van der Waals surface area contributed by atoms with Crippen LogP contribution in [0.5, 0.6) is 0 Å². The number of hydrogen-bond acceptors (Lipinski definition) is 5. The first-order valence-corrected chi connectivity index (χ1v) is 12.9. The molecular formula is C29H33ClN6O2. The van der Waals surface area contributed by atoms with Gasteiger partial charge >= 0.3 is 6.03 Å². The van der Waals surface area contributed by atoms with Crippen molar-refractivity contribution in [3.8, 4) is 0 Å². The Balaban J connectivity index is 1.54. The average Bonchev–Trinajstić information content (AvgIpc) is 3.40. The van der Waals surface area contributed by atoms with Crippen molar-refractivity contribution in [3.05, 3.63) is 106 Å². The predicted molar refractivity (Wildman–Crippen MR) is 149 cm³/mol. The summed E-state index contributed by atoms with van der Waals surface area (Å²) in [5, 5.41) is 28.0. The van der Waals surface area contributed by atoms with Crippen LogP contribution in [-0.4, -0.2) is 31.8 Å². The molecule has 0 fully saturated rings. The van der Waals surface area contributed by atoms with Gasteiger partial charge in [0.2, 0.25) is 0 Å². The largest absolute Gasteiger partial charge is 0.388 e. The Hall–Kier alpha value is -3.75. The number of nitrogens with zero attached hydrogens (tertiary/aromatic N) is 4. The Morgan fingerprint density at radius 2 is 1.63 bits per heavy atom. The average molecular weight is 533 g/mol. The molecule has 2 atom stereocenters. The fraction of sp³-hybridized carbons (Fsp3) is 0.310. The van der Waals surface area contributed by atoms with Crippen molar-refractivity contribution in [1.82, 2.24) is 25.9 Å². The van der Waals surface area contributed by atoms with Crippen molar-refractivity contribution in [1.29, 1.82) is 0 Å². The van der Waals surface area contributed by atoms with Crippen LogP contribution in [0, 0.1) is 0 Å². The molecule has 0 aliphatic carbocycles.